The maximum Gasteiger partial charge on any atom is 0.405 e. The Morgan fingerprint density at radius 2 is 1.45 bits per heavy atom. The summed E-state index contributed by atoms with van der Waals surface area (Å²) in [6.07, 6.45) is 2.24. The summed E-state index contributed by atoms with van der Waals surface area (Å²) < 4.78 is 41.1. The number of carbonyl (C=O) groups is 3. The number of amides is 4. The van der Waals surface area contributed by atoms with E-state index in [-0.39, 0.29) is 5.91 Å². The van der Waals surface area contributed by atoms with Crippen molar-refractivity contribution in [1.82, 2.24) is 34.9 Å². The zero-order valence-corrected chi connectivity index (χ0v) is 23.5. The second-order valence-corrected chi connectivity index (χ2v) is 9.57. The van der Waals surface area contributed by atoms with Crippen molar-refractivity contribution in [3.63, 3.8) is 0 Å². The van der Waals surface area contributed by atoms with Crippen molar-refractivity contribution in [3.05, 3.63) is 88.1 Å². The first-order valence-corrected chi connectivity index (χ1v) is 12.9. The van der Waals surface area contributed by atoms with Gasteiger partial charge >= 0.3 is 12.2 Å². The largest absolute Gasteiger partial charge is 0.405 e. The summed E-state index contributed by atoms with van der Waals surface area (Å²) >= 11 is 2.17. The summed E-state index contributed by atoms with van der Waals surface area (Å²) in [5.74, 6) is 9.37. The van der Waals surface area contributed by atoms with Crippen LogP contribution in [0.25, 0.3) is 22.6 Å². The molecule has 13 nitrogen and oxygen atoms in total. The van der Waals surface area contributed by atoms with Gasteiger partial charge in [0, 0.05) is 34.8 Å². The molecule has 0 saturated heterocycles. The molecule has 0 fully saturated rings. The van der Waals surface area contributed by atoms with Crippen molar-refractivity contribution < 1.29 is 27.6 Å². The van der Waals surface area contributed by atoms with Crippen LogP contribution in [0.1, 0.15) is 20.7 Å². The Morgan fingerprint density at radius 1 is 0.857 bits per heavy atom. The first-order valence-electron chi connectivity index (χ1n) is 11.8. The number of nitrogen functional groups attached to an aromatic ring is 2. The van der Waals surface area contributed by atoms with Crippen LogP contribution in [0.15, 0.2) is 73.3 Å². The van der Waals surface area contributed by atoms with Gasteiger partial charge in [-0.25, -0.2) is 26.4 Å². The van der Waals surface area contributed by atoms with Gasteiger partial charge in [0.1, 0.15) is 21.5 Å². The van der Waals surface area contributed by atoms with Crippen LogP contribution < -0.4 is 33.2 Å². The first-order chi connectivity index (χ1) is 20.0. The van der Waals surface area contributed by atoms with Crippen molar-refractivity contribution >= 4 is 57.4 Å². The number of nitrogens with zero attached hydrogens (tertiary/aromatic N) is 4. The van der Waals surface area contributed by atoms with Crippen LogP contribution in [-0.2, 0) is 0 Å². The topological polar surface area (TPSA) is 186 Å². The maximum atomic E-state index is 12.2. The van der Waals surface area contributed by atoms with Crippen LogP contribution >= 0.6 is 22.6 Å². The quantitative estimate of drug-likeness (QED) is 0.0707. The second-order valence-electron chi connectivity index (χ2n) is 8.46. The van der Waals surface area contributed by atoms with Gasteiger partial charge < -0.3 is 10.6 Å². The number of nitrogens with one attached hydrogen (secondary N) is 4. The number of halogens is 4. The summed E-state index contributed by atoms with van der Waals surface area (Å²) in [6, 6.07) is 12.1. The molecular weight excluding hydrogens is 672 g/mol. The lowest BCUT2D eigenvalue weighted by atomic mass is 10.1. The number of rotatable bonds is 5. The molecule has 0 bridgehead atoms. The van der Waals surface area contributed by atoms with Crippen LogP contribution in [0.5, 0.6) is 0 Å². The normalized spacial score (nSPS) is 11.0. The van der Waals surface area contributed by atoms with Gasteiger partial charge in [-0.15, -0.1) is 0 Å². The Morgan fingerprint density at radius 3 is 2.07 bits per heavy atom. The molecule has 0 aliphatic heterocycles. The molecule has 0 unspecified atom stereocenters. The number of hydrazine groups is 2. The van der Waals surface area contributed by atoms with Crippen LogP contribution in [0.2, 0.25) is 0 Å². The number of imidazole rings is 2. The fourth-order valence-corrected chi connectivity index (χ4v) is 4.25. The highest BCUT2D eigenvalue weighted by atomic mass is 127. The predicted octanol–water partition coefficient (Wildman–Crippen LogP) is 2.83. The highest BCUT2D eigenvalue weighted by molar-refractivity contribution is 14.1. The standard InChI is InChI=1S/C17H15F3N6O2.C8H7IN4O/c18-17(19,20)9-23-16(28)24-12-3-1-2-10(6-12)13-8-22-14-7-11(15(27)25-21)4-5-26(13)14;9-6-4-11-7-3-5(8(14)12-10)1-2-13(6)7/h1-8H,9,21H2,(H,25,27)(H2,23,24,28);1-4H,10H2,(H,12,14). The molecule has 0 spiro atoms. The van der Waals surface area contributed by atoms with Crippen molar-refractivity contribution in [2.75, 3.05) is 11.9 Å². The number of pyridine rings is 2. The smallest absolute Gasteiger partial charge is 0.329 e. The summed E-state index contributed by atoms with van der Waals surface area (Å²) in [4.78, 5) is 42.8. The van der Waals surface area contributed by atoms with Gasteiger partial charge in [0.05, 0.1) is 18.1 Å². The molecule has 8 N–H and O–H groups in total. The van der Waals surface area contributed by atoms with Crippen LogP contribution in [0.4, 0.5) is 23.7 Å². The van der Waals surface area contributed by atoms with Gasteiger partial charge in [0.2, 0.25) is 0 Å². The second kappa shape index (κ2) is 12.8. The van der Waals surface area contributed by atoms with E-state index in [2.05, 4.69) is 43.3 Å². The molecule has 17 heteroatoms. The van der Waals surface area contributed by atoms with E-state index in [9.17, 15) is 27.6 Å². The fraction of sp³-hybridized carbons (Fsp3) is 0.0800. The van der Waals surface area contributed by atoms with Crippen molar-refractivity contribution in [1.29, 1.82) is 0 Å². The van der Waals surface area contributed by atoms with E-state index in [4.69, 9.17) is 11.7 Å². The molecule has 1 aromatic carbocycles. The van der Waals surface area contributed by atoms with Crippen LogP contribution in [-0.4, -0.2) is 49.3 Å². The predicted molar refractivity (Wildman–Crippen MR) is 155 cm³/mol. The molecule has 0 aliphatic carbocycles. The van der Waals surface area contributed by atoms with E-state index in [1.807, 2.05) is 9.83 Å². The molecule has 0 saturated carbocycles. The summed E-state index contributed by atoms with van der Waals surface area (Å²) in [5, 5.41) is 4.09. The number of anilines is 1. The number of benzene rings is 1. The minimum absolute atomic E-state index is 0.311. The van der Waals surface area contributed by atoms with E-state index in [1.165, 1.54) is 0 Å². The lowest BCUT2D eigenvalue weighted by Crippen LogP contribution is -2.36. The molecule has 4 aromatic heterocycles. The molecule has 4 heterocycles. The third kappa shape index (κ3) is 7.30. The number of carbonyl (C=O) groups excluding carboxylic acids is 3. The highest BCUT2D eigenvalue weighted by Crippen LogP contribution is 2.24. The minimum atomic E-state index is -4.49. The van der Waals surface area contributed by atoms with Crippen LogP contribution in [0.3, 0.4) is 0 Å². The van der Waals surface area contributed by atoms with E-state index in [1.54, 1.807) is 83.0 Å². The van der Waals surface area contributed by atoms with E-state index in [0.29, 0.717) is 33.7 Å². The zero-order valence-electron chi connectivity index (χ0n) is 21.3. The molecule has 218 valence electrons. The summed E-state index contributed by atoms with van der Waals surface area (Å²) in [5.41, 5.74) is 7.82. The van der Waals surface area contributed by atoms with E-state index >= 15 is 0 Å². The maximum absolute atomic E-state index is 12.2. The third-order valence-electron chi connectivity index (χ3n) is 5.63. The van der Waals surface area contributed by atoms with Crippen molar-refractivity contribution in [2.45, 2.75) is 6.18 Å². The van der Waals surface area contributed by atoms with Crippen LogP contribution in [0, 0.1) is 3.70 Å². The van der Waals surface area contributed by atoms with Gasteiger partial charge in [0.25, 0.3) is 11.8 Å². The number of nitrogens with two attached hydrogens (primary N) is 2. The monoisotopic (exact) mass is 694 g/mol. The average Bonchev–Trinajstić information content (AvgIpc) is 3.58. The molecule has 0 aliphatic rings. The Hall–Kier alpha value is -4.75. The van der Waals surface area contributed by atoms with Gasteiger partial charge in [-0.05, 0) is 59.0 Å². The van der Waals surface area contributed by atoms with E-state index < -0.39 is 24.7 Å². The molecule has 42 heavy (non-hydrogen) atoms. The Bertz CT molecular complexity index is 1770. The van der Waals surface area contributed by atoms with Gasteiger partial charge in [0.15, 0.2) is 0 Å². The number of hydrogen-bond acceptors (Lipinski definition) is 7. The molecule has 0 radical (unpaired) electrons. The third-order valence-corrected chi connectivity index (χ3v) is 6.43. The number of hydrogen-bond donors (Lipinski definition) is 6. The Labute approximate surface area is 248 Å². The van der Waals surface area contributed by atoms with Crippen molar-refractivity contribution in [2.24, 2.45) is 11.7 Å². The lowest BCUT2D eigenvalue weighted by molar-refractivity contribution is -0.122. The first kappa shape index (κ1) is 30.2. The fourth-order valence-electron chi connectivity index (χ4n) is 3.71. The van der Waals surface area contributed by atoms with Crippen molar-refractivity contribution in [3.8, 4) is 11.3 Å². The lowest BCUT2D eigenvalue weighted by Gasteiger charge is -2.11. The Kier molecular flexibility index (Phi) is 9.23. The van der Waals surface area contributed by atoms with Gasteiger partial charge in [-0.2, -0.15) is 13.2 Å². The number of aromatic nitrogens is 4. The molecular formula is C25H22F3IN10O3. The number of urea groups is 1. The SMILES string of the molecule is NNC(=O)c1ccn2c(-c3cccc(NC(=O)NCC(F)(F)F)c3)cnc2c1.NNC(=O)c1ccn2c(I)cnc2c1. The average molecular weight is 694 g/mol. The van der Waals surface area contributed by atoms with Gasteiger partial charge in [-0.1, -0.05) is 12.1 Å². The number of fused-ring (bicyclic) bond motifs is 2. The molecule has 0 atom stereocenters. The van der Waals surface area contributed by atoms with Gasteiger partial charge in [-0.3, -0.25) is 29.2 Å². The Balaban J connectivity index is 0.000000241. The zero-order chi connectivity index (χ0) is 30.4. The molecule has 4 amide bonds. The van der Waals surface area contributed by atoms with E-state index in [0.717, 1.165) is 9.35 Å². The molecule has 5 rings (SSSR count). The molecule has 5 aromatic rings. The number of alkyl halides is 3. The summed E-state index contributed by atoms with van der Waals surface area (Å²) in [7, 11) is 0. The minimum Gasteiger partial charge on any atom is -0.329 e. The summed E-state index contributed by atoms with van der Waals surface area (Å²) in [6.45, 7) is -1.43. The highest BCUT2D eigenvalue weighted by Gasteiger charge is 2.27.